The molecule has 0 bridgehead atoms. The van der Waals surface area contributed by atoms with Crippen LogP contribution in [0.15, 0.2) is 60.7 Å². The molecule has 0 unspecified atom stereocenters. The van der Waals surface area contributed by atoms with E-state index in [9.17, 15) is 22.8 Å². The van der Waals surface area contributed by atoms with Gasteiger partial charge >= 0.3 is 18.2 Å². The number of nitrogens with zero attached hydrogens (tertiary/aromatic N) is 3. The number of amides is 2. The number of alkyl halides is 3. The first-order valence-electron chi connectivity index (χ1n) is 14.5. The van der Waals surface area contributed by atoms with Crippen molar-refractivity contribution in [1.29, 1.82) is 0 Å². The summed E-state index contributed by atoms with van der Waals surface area (Å²) in [7, 11) is 0. The van der Waals surface area contributed by atoms with Gasteiger partial charge in [0.15, 0.2) is 0 Å². The fourth-order valence-electron chi connectivity index (χ4n) is 5.76. The van der Waals surface area contributed by atoms with Crippen LogP contribution in [-0.4, -0.2) is 65.3 Å². The molecular formula is C31H40F3N3O3. The molecule has 2 aromatic carbocycles. The molecule has 6 nitrogen and oxygen atoms in total. The van der Waals surface area contributed by atoms with Crippen molar-refractivity contribution < 1.29 is 27.6 Å². The largest absolute Gasteiger partial charge is 0.493 e. The number of benzene rings is 2. The predicted molar refractivity (Wildman–Crippen MR) is 147 cm³/mol. The molecule has 0 aromatic heterocycles. The highest BCUT2D eigenvalue weighted by atomic mass is 19.4. The molecule has 2 amide bonds. The summed E-state index contributed by atoms with van der Waals surface area (Å²) < 4.78 is 39.3. The van der Waals surface area contributed by atoms with E-state index in [-0.39, 0.29) is 6.54 Å². The summed E-state index contributed by atoms with van der Waals surface area (Å²) in [5, 5.41) is 0.715. The summed E-state index contributed by atoms with van der Waals surface area (Å²) in [5.41, 5.74) is 2.23. The SMILES string of the molecule is O=C(N(CCCN1CCC(Cc2ccccc2)CC1)Cc1ccccc1)N(OC(=O)C(F)(F)F)C1CCCCC1. The van der Waals surface area contributed by atoms with Gasteiger partial charge < -0.3 is 14.6 Å². The first-order valence-corrected chi connectivity index (χ1v) is 14.5. The molecule has 2 fully saturated rings. The summed E-state index contributed by atoms with van der Waals surface area (Å²) >= 11 is 0. The molecule has 1 aliphatic heterocycles. The van der Waals surface area contributed by atoms with Gasteiger partial charge in [-0.2, -0.15) is 13.2 Å². The Hall–Kier alpha value is -3.07. The molecule has 2 aliphatic rings. The Morgan fingerprint density at radius 1 is 0.850 bits per heavy atom. The van der Waals surface area contributed by atoms with Crippen molar-refractivity contribution in [2.24, 2.45) is 5.92 Å². The Balaban J connectivity index is 1.37. The number of hydrogen-bond acceptors (Lipinski definition) is 4. The van der Waals surface area contributed by atoms with Crippen molar-refractivity contribution in [2.45, 2.75) is 76.6 Å². The van der Waals surface area contributed by atoms with Crippen molar-refractivity contribution in [3.05, 3.63) is 71.8 Å². The van der Waals surface area contributed by atoms with Crippen LogP contribution in [0.1, 0.15) is 62.5 Å². The first-order chi connectivity index (χ1) is 19.3. The Bertz CT molecular complexity index is 1050. The van der Waals surface area contributed by atoms with Crippen molar-refractivity contribution in [1.82, 2.24) is 14.9 Å². The van der Waals surface area contributed by atoms with Gasteiger partial charge in [-0.1, -0.05) is 79.9 Å². The lowest BCUT2D eigenvalue weighted by Gasteiger charge is -2.36. The average Bonchev–Trinajstić information content (AvgIpc) is 2.97. The maximum absolute atomic E-state index is 13.7. The third kappa shape index (κ3) is 8.98. The van der Waals surface area contributed by atoms with Crippen molar-refractivity contribution in [3.8, 4) is 0 Å². The minimum absolute atomic E-state index is 0.228. The van der Waals surface area contributed by atoms with Crippen LogP contribution in [0.25, 0.3) is 0 Å². The standard InChI is InChI=1S/C31H40F3N3O3/c32-31(33,34)29(38)40-37(28-15-8-3-9-16-28)30(39)36(24-27-13-6-2-7-14-27)20-10-19-35-21-17-26(18-22-35)23-25-11-4-1-5-12-25/h1-2,4-7,11-14,26,28H,3,8-10,15-24H2. The summed E-state index contributed by atoms with van der Waals surface area (Å²) in [6.45, 7) is 3.35. The van der Waals surface area contributed by atoms with E-state index in [1.807, 2.05) is 36.4 Å². The Labute approximate surface area is 235 Å². The highest BCUT2D eigenvalue weighted by Gasteiger charge is 2.45. The van der Waals surface area contributed by atoms with Crippen LogP contribution in [0, 0.1) is 5.92 Å². The number of hydrogen-bond donors (Lipinski definition) is 0. The normalized spacial score (nSPS) is 17.4. The summed E-state index contributed by atoms with van der Waals surface area (Å²) in [5.74, 6) is -1.70. The Kier molecular flexibility index (Phi) is 10.9. The lowest BCUT2D eigenvalue weighted by molar-refractivity contribution is -0.236. The van der Waals surface area contributed by atoms with E-state index < -0.39 is 24.2 Å². The average molecular weight is 560 g/mol. The van der Waals surface area contributed by atoms with Crippen molar-refractivity contribution in [2.75, 3.05) is 26.2 Å². The molecular weight excluding hydrogens is 519 g/mol. The number of rotatable bonds is 9. The monoisotopic (exact) mass is 559 g/mol. The number of halogens is 3. The molecule has 1 saturated carbocycles. The maximum Gasteiger partial charge on any atom is 0.493 e. The second-order valence-corrected chi connectivity index (χ2v) is 11.0. The summed E-state index contributed by atoms with van der Waals surface area (Å²) in [4.78, 5) is 34.2. The quantitative estimate of drug-likeness (QED) is 0.325. The minimum atomic E-state index is -5.18. The fourth-order valence-corrected chi connectivity index (χ4v) is 5.76. The fraction of sp³-hybridized carbons (Fsp3) is 0.548. The smallest absolute Gasteiger partial charge is 0.328 e. The minimum Gasteiger partial charge on any atom is -0.328 e. The molecule has 4 rings (SSSR count). The molecule has 0 atom stereocenters. The summed E-state index contributed by atoms with van der Waals surface area (Å²) in [6.07, 6.45) is 2.32. The van der Waals surface area contributed by atoms with Crippen LogP contribution in [0.2, 0.25) is 0 Å². The molecule has 9 heteroatoms. The number of likely N-dealkylation sites (tertiary alicyclic amines) is 1. The molecule has 0 radical (unpaired) electrons. The highest BCUT2D eigenvalue weighted by Crippen LogP contribution is 2.27. The zero-order chi connectivity index (χ0) is 28.4. The van der Waals surface area contributed by atoms with E-state index in [0.29, 0.717) is 36.8 Å². The van der Waals surface area contributed by atoms with Crippen LogP contribution in [0.5, 0.6) is 0 Å². The van der Waals surface area contributed by atoms with Gasteiger partial charge in [-0.05, 0) is 75.2 Å². The van der Waals surface area contributed by atoms with Gasteiger partial charge in [-0.25, -0.2) is 9.59 Å². The first kappa shape index (κ1) is 29.9. The second kappa shape index (κ2) is 14.5. The van der Waals surface area contributed by atoms with Crippen LogP contribution >= 0.6 is 0 Å². The third-order valence-corrected chi connectivity index (χ3v) is 7.97. The molecule has 2 aromatic rings. The second-order valence-electron chi connectivity index (χ2n) is 11.0. The topological polar surface area (TPSA) is 53.1 Å². The Morgan fingerprint density at radius 2 is 1.45 bits per heavy atom. The lowest BCUT2D eigenvalue weighted by atomic mass is 9.90. The van der Waals surface area contributed by atoms with Gasteiger partial charge in [0.2, 0.25) is 0 Å². The van der Waals surface area contributed by atoms with E-state index in [4.69, 9.17) is 4.84 Å². The number of urea groups is 1. The van der Waals surface area contributed by atoms with Crippen LogP contribution in [-0.2, 0) is 22.6 Å². The molecule has 1 saturated heterocycles. The number of hydroxylamine groups is 2. The number of piperidine rings is 1. The van der Waals surface area contributed by atoms with Crippen LogP contribution < -0.4 is 0 Å². The molecule has 1 aliphatic carbocycles. The van der Waals surface area contributed by atoms with Crippen molar-refractivity contribution in [3.63, 3.8) is 0 Å². The zero-order valence-electron chi connectivity index (χ0n) is 23.0. The van der Waals surface area contributed by atoms with E-state index in [1.165, 1.54) is 10.5 Å². The van der Waals surface area contributed by atoms with E-state index in [0.717, 1.165) is 63.7 Å². The predicted octanol–water partition coefficient (Wildman–Crippen LogP) is 6.61. The zero-order valence-corrected chi connectivity index (χ0v) is 23.0. The van der Waals surface area contributed by atoms with Crippen molar-refractivity contribution >= 4 is 12.0 Å². The van der Waals surface area contributed by atoms with Gasteiger partial charge in [0.1, 0.15) is 0 Å². The van der Waals surface area contributed by atoms with E-state index in [2.05, 4.69) is 29.2 Å². The third-order valence-electron chi connectivity index (χ3n) is 7.97. The van der Waals surface area contributed by atoms with Crippen LogP contribution in [0.3, 0.4) is 0 Å². The van der Waals surface area contributed by atoms with Gasteiger partial charge in [-0.15, -0.1) is 5.06 Å². The molecule has 218 valence electrons. The van der Waals surface area contributed by atoms with Gasteiger partial charge in [0.05, 0.1) is 6.04 Å². The van der Waals surface area contributed by atoms with E-state index in [1.54, 1.807) is 0 Å². The molecule has 40 heavy (non-hydrogen) atoms. The molecule has 0 spiro atoms. The van der Waals surface area contributed by atoms with Gasteiger partial charge in [0.25, 0.3) is 0 Å². The lowest BCUT2D eigenvalue weighted by Crippen LogP contribution is -2.51. The number of carbonyl (C=O) groups excluding carboxylic acids is 2. The van der Waals surface area contributed by atoms with E-state index >= 15 is 0 Å². The van der Waals surface area contributed by atoms with Gasteiger partial charge in [-0.3, -0.25) is 0 Å². The Morgan fingerprint density at radius 3 is 2.05 bits per heavy atom. The van der Waals surface area contributed by atoms with Crippen LogP contribution in [0.4, 0.5) is 18.0 Å². The number of carbonyl (C=O) groups is 2. The molecule has 0 N–H and O–H groups in total. The van der Waals surface area contributed by atoms with Gasteiger partial charge in [0, 0.05) is 13.1 Å². The molecule has 1 heterocycles. The summed E-state index contributed by atoms with van der Waals surface area (Å²) in [6, 6.07) is 18.6. The highest BCUT2D eigenvalue weighted by molar-refractivity contribution is 5.79. The maximum atomic E-state index is 13.7.